The zero-order valence-corrected chi connectivity index (χ0v) is 19.8. The summed E-state index contributed by atoms with van der Waals surface area (Å²) >= 11 is 0. The lowest BCUT2D eigenvalue weighted by molar-refractivity contribution is -0.123. The maximum absolute atomic E-state index is 13.2. The minimum absolute atomic E-state index is 0.188. The average molecular weight is 474 g/mol. The van der Waals surface area contributed by atoms with Gasteiger partial charge in [-0.1, -0.05) is 30.3 Å². The molecule has 0 aliphatic heterocycles. The van der Waals surface area contributed by atoms with Crippen molar-refractivity contribution >= 4 is 40.5 Å². The molecule has 3 amide bonds. The molecule has 4 rings (SSSR count). The van der Waals surface area contributed by atoms with E-state index in [9.17, 15) is 19.5 Å². The summed E-state index contributed by atoms with van der Waals surface area (Å²) in [7, 11) is 0. The van der Waals surface area contributed by atoms with Crippen LogP contribution >= 0.6 is 0 Å². The van der Waals surface area contributed by atoms with Gasteiger partial charge >= 0.3 is 12.0 Å². The van der Waals surface area contributed by atoms with Crippen LogP contribution < -0.4 is 10.6 Å². The predicted octanol–water partition coefficient (Wildman–Crippen LogP) is 4.21. The summed E-state index contributed by atoms with van der Waals surface area (Å²) in [4.78, 5) is 42.0. The number of aromatic hydroxyl groups is 1. The largest absolute Gasteiger partial charge is 0.508 e. The zero-order chi connectivity index (χ0) is 25.2. The van der Waals surface area contributed by atoms with Crippen molar-refractivity contribution in [2.45, 2.75) is 39.2 Å². The van der Waals surface area contributed by atoms with Crippen LogP contribution in [0.5, 0.6) is 5.75 Å². The first-order valence-electron chi connectivity index (χ1n) is 11.3. The van der Waals surface area contributed by atoms with Gasteiger partial charge in [0.15, 0.2) is 6.61 Å². The number of phenolic OH excluding ortho intramolecular Hbond substituents is 1. The van der Waals surface area contributed by atoms with E-state index < -0.39 is 30.1 Å². The number of ether oxygens (including phenoxy) is 1. The molecule has 1 heterocycles. The summed E-state index contributed by atoms with van der Waals surface area (Å²) in [6.45, 7) is 4.78. The van der Waals surface area contributed by atoms with E-state index in [1.54, 1.807) is 39.0 Å². The molecule has 0 spiro atoms. The lowest BCUT2D eigenvalue weighted by atomic mass is 10.0. The van der Waals surface area contributed by atoms with Crippen molar-refractivity contribution in [1.82, 2.24) is 15.6 Å². The molecule has 8 nitrogen and oxygen atoms in total. The Balaban J connectivity index is 1.59. The zero-order valence-electron chi connectivity index (χ0n) is 19.8. The molecule has 1 aliphatic rings. The number of hydrogen-bond acceptors (Lipinski definition) is 6. The van der Waals surface area contributed by atoms with Crippen molar-refractivity contribution in [2.75, 3.05) is 6.61 Å². The fourth-order valence-corrected chi connectivity index (χ4v) is 4.02. The number of carbonyl (C=O) groups is 3. The number of hydrogen-bond donors (Lipinski definition) is 3. The second kappa shape index (κ2) is 9.58. The number of benzene rings is 2. The van der Waals surface area contributed by atoms with Crippen molar-refractivity contribution in [1.29, 1.82) is 0 Å². The number of esters is 1. The summed E-state index contributed by atoms with van der Waals surface area (Å²) in [5, 5.41) is 15.0. The SMILES string of the molecule is CC(C)(C)NC(=O)NC(=O)COC(=O)c1c2c(nc3ccccc13)/C(=C/c1ccc(O)cc1)CC2. The Kier molecular flexibility index (Phi) is 6.55. The monoisotopic (exact) mass is 473 g/mol. The fourth-order valence-electron chi connectivity index (χ4n) is 4.02. The quantitative estimate of drug-likeness (QED) is 0.489. The van der Waals surface area contributed by atoms with E-state index in [0.29, 0.717) is 29.3 Å². The highest BCUT2D eigenvalue weighted by Gasteiger charge is 2.28. The van der Waals surface area contributed by atoms with Gasteiger partial charge in [-0.15, -0.1) is 0 Å². The number of nitrogens with one attached hydrogen (secondary N) is 2. The van der Waals surface area contributed by atoms with Crippen molar-refractivity contribution < 1.29 is 24.2 Å². The number of urea groups is 1. The predicted molar refractivity (Wildman–Crippen MR) is 133 cm³/mol. The first-order chi connectivity index (χ1) is 16.6. The number of carbonyl (C=O) groups excluding carboxylic acids is 3. The minimum Gasteiger partial charge on any atom is -0.508 e. The summed E-state index contributed by atoms with van der Waals surface area (Å²) in [5.41, 5.74) is 3.89. The lowest BCUT2D eigenvalue weighted by Gasteiger charge is -2.20. The molecule has 0 atom stereocenters. The van der Waals surface area contributed by atoms with E-state index in [1.165, 1.54) is 0 Å². The summed E-state index contributed by atoms with van der Waals surface area (Å²) < 4.78 is 5.31. The second-order valence-corrected chi connectivity index (χ2v) is 9.42. The molecule has 0 saturated heterocycles. The maximum atomic E-state index is 13.2. The van der Waals surface area contributed by atoms with E-state index in [2.05, 4.69) is 10.6 Å². The Labute approximate surface area is 203 Å². The third-order valence-electron chi connectivity index (χ3n) is 5.46. The van der Waals surface area contributed by atoms with Crippen LogP contribution in [0.4, 0.5) is 4.79 Å². The standard InChI is InChI=1S/C27H27N3O5/c1-27(2,3)30-26(34)29-22(32)15-35-25(33)23-19-6-4-5-7-21(19)28-24-17(10-13-20(23)24)14-16-8-11-18(31)12-9-16/h4-9,11-12,14,31H,10,13,15H2,1-3H3,(H2,29,30,32,34)/b17-14+. The van der Waals surface area contributed by atoms with Crippen LogP contribution in [0.25, 0.3) is 22.6 Å². The van der Waals surface area contributed by atoms with Crippen LogP contribution in [-0.2, 0) is 16.0 Å². The van der Waals surface area contributed by atoms with E-state index in [-0.39, 0.29) is 5.75 Å². The molecule has 0 unspecified atom stereocenters. The van der Waals surface area contributed by atoms with Crippen LogP contribution in [0.3, 0.4) is 0 Å². The van der Waals surface area contributed by atoms with E-state index >= 15 is 0 Å². The molecule has 3 N–H and O–H groups in total. The van der Waals surface area contributed by atoms with Crippen molar-refractivity contribution in [3.8, 4) is 5.75 Å². The molecule has 180 valence electrons. The van der Waals surface area contributed by atoms with Gasteiger partial charge in [-0.3, -0.25) is 10.1 Å². The molecule has 1 aliphatic carbocycles. The number of para-hydroxylation sites is 1. The van der Waals surface area contributed by atoms with Gasteiger partial charge in [0, 0.05) is 10.9 Å². The number of phenols is 1. The summed E-state index contributed by atoms with van der Waals surface area (Å²) in [6, 6.07) is 13.5. The molecule has 0 bridgehead atoms. The Hall–Kier alpha value is -4.20. The number of rotatable bonds is 4. The average Bonchev–Trinajstić information content (AvgIpc) is 3.18. The van der Waals surface area contributed by atoms with E-state index in [4.69, 9.17) is 9.72 Å². The number of nitrogens with zero attached hydrogens (tertiary/aromatic N) is 1. The Bertz CT molecular complexity index is 1340. The van der Waals surface area contributed by atoms with Gasteiger partial charge in [0.25, 0.3) is 5.91 Å². The van der Waals surface area contributed by atoms with Gasteiger partial charge in [-0.05, 0) is 74.6 Å². The molecule has 35 heavy (non-hydrogen) atoms. The smallest absolute Gasteiger partial charge is 0.339 e. The van der Waals surface area contributed by atoms with Crippen LogP contribution in [-0.4, -0.2) is 40.1 Å². The molecular formula is C27H27N3O5. The van der Waals surface area contributed by atoms with Crippen molar-refractivity contribution in [2.24, 2.45) is 0 Å². The summed E-state index contributed by atoms with van der Waals surface area (Å²) in [5.74, 6) is -1.17. The van der Waals surface area contributed by atoms with E-state index in [1.807, 2.05) is 36.4 Å². The highest BCUT2D eigenvalue weighted by Crippen LogP contribution is 2.37. The number of allylic oxidation sites excluding steroid dienone is 1. The first kappa shape index (κ1) is 23.9. The Morgan fingerprint density at radius 2 is 1.77 bits per heavy atom. The fraction of sp³-hybridized carbons (Fsp3) is 0.259. The van der Waals surface area contributed by atoms with Crippen LogP contribution in [0, 0.1) is 0 Å². The molecule has 2 aromatic carbocycles. The number of imide groups is 1. The second-order valence-electron chi connectivity index (χ2n) is 9.42. The topological polar surface area (TPSA) is 118 Å². The van der Waals surface area contributed by atoms with Crippen LogP contribution in [0.1, 0.15) is 54.4 Å². The molecule has 0 radical (unpaired) electrons. The Morgan fingerprint density at radius 1 is 1.06 bits per heavy atom. The van der Waals surface area contributed by atoms with Crippen molar-refractivity contribution in [3.05, 3.63) is 70.9 Å². The number of fused-ring (bicyclic) bond motifs is 2. The van der Waals surface area contributed by atoms with Gasteiger partial charge in [0.1, 0.15) is 5.75 Å². The molecule has 8 heteroatoms. The number of aromatic nitrogens is 1. The lowest BCUT2D eigenvalue weighted by Crippen LogP contribution is -2.49. The molecule has 1 aromatic heterocycles. The summed E-state index contributed by atoms with van der Waals surface area (Å²) in [6.07, 6.45) is 3.28. The highest BCUT2D eigenvalue weighted by molar-refractivity contribution is 6.08. The third kappa shape index (κ3) is 5.66. The maximum Gasteiger partial charge on any atom is 0.339 e. The van der Waals surface area contributed by atoms with Gasteiger partial charge in [-0.25, -0.2) is 14.6 Å². The third-order valence-corrected chi connectivity index (χ3v) is 5.46. The first-order valence-corrected chi connectivity index (χ1v) is 11.3. The van der Waals surface area contributed by atoms with Gasteiger partial charge in [-0.2, -0.15) is 0 Å². The molecule has 3 aromatic rings. The highest BCUT2D eigenvalue weighted by atomic mass is 16.5. The molecule has 0 fully saturated rings. The molecule has 0 saturated carbocycles. The van der Waals surface area contributed by atoms with E-state index in [0.717, 1.165) is 22.4 Å². The van der Waals surface area contributed by atoms with Gasteiger partial charge < -0.3 is 15.2 Å². The normalized spacial score (nSPS) is 14.0. The number of amides is 3. The minimum atomic E-state index is -0.719. The van der Waals surface area contributed by atoms with Crippen LogP contribution in [0.15, 0.2) is 48.5 Å². The molecular weight excluding hydrogens is 446 g/mol. The Morgan fingerprint density at radius 3 is 2.49 bits per heavy atom. The van der Waals surface area contributed by atoms with Crippen molar-refractivity contribution in [3.63, 3.8) is 0 Å². The number of pyridine rings is 1. The van der Waals surface area contributed by atoms with Gasteiger partial charge in [0.05, 0.1) is 16.8 Å². The van der Waals surface area contributed by atoms with Gasteiger partial charge in [0.2, 0.25) is 0 Å². The van der Waals surface area contributed by atoms with Crippen LogP contribution in [0.2, 0.25) is 0 Å².